The number of hydrogen-bond acceptors (Lipinski definition) is 3. The zero-order valence-corrected chi connectivity index (χ0v) is 16.2. The third kappa shape index (κ3) is 6.33. The molecular formula is C19H30ClN3O2. The molecule has 1 aromatic rings. The molecule has 0 bridgehead atoms. The van der Waals surface area contributed by atoms with Gasteiger partial charge in [0, 0.05) is 37.7 Å². The Labute approximate surface area is 156 Å². The maximum absolute atomic E-state index is 12.2. The number of likely N-dealkylation sites (tertiary alicyclic amines) is 1. The maximum atomic E-state index is 12.2. The van der Waals surface area contributed by atoms with Gasteiger partial charge in [-0.05, 0) is 36.0 Å². The summed E-state index contributed by atoms with van der Waals surface area (Å²) in [6.07, 6.45) is 2.05. The molecule has 1 saturated heterocycles. The number of piperidine rings is 1. The van der Waals surface area contributed by atoms with Gasteiger partial charge in [0.05, 0.1) is 0 Å². The van der Waals surface area contributed by atoms with Crippen molar-refractivity contribution in [3.63, 3.8) is 0 Å². The molecule has 1 fully saturated rings. The Kier molecular flexibility index (Phi) is 7.90. The summed E-state index contributed by atoms with van der Waals surface area (Å²) < 4.78 is 0. The van der Waals surface area contributed by atoms with Crippen LogP contribution in [0.5, 0.6) is 0 Å². The number of nitrogens with one attached hydrogen (secondary N) is 1. The molecule has 0 saturated carbocycles. The van der Waals surface area contributed by atoms with Gasteiger partial charge in [0.25, 0.3) is 5.91 Å². The summed E-state index contributed by atoms with van der Waals surface area (Å²) in [4.78, 5) is 26.1. The summed E-state index contributed by atoms with van der Waals surface area (Å²) in [5, 5.41) is 2.82. The number of halogens is 1. The van der Waals surface area contributed by atoms with Gasteiger partial charge in [-0.3, -0.25) is 9.59 Å². The molecule has 0 aromatic heterocycles. The molecule has 1 aliphatic heterocycles. The van der Waals surface area contributed by atoms with Crippen LogP contribution in [0.25, 0.3) is 0 Å². The third-order valence-electron chi connectivity index (χ3n) is 4.53. The second-order valence-corrected chi connectivity index (χ2v) is 7.55. The Morgan fingerprint density at radius 3 is 2.24 bits per heavy atom. The van der Waals surface area contributed by atoms with Crippen LogP contribution in [0, 0.1) is 0 Å². The van der Waals surface area contributed by atoms with E-state index in [0.717, 1.165) is 25.9 Å². The molecule has 3 N–H and O–H groups in total. The van der Waals surface area contributed by atoms with Crippen molar-refractivity contribution in [1.29, 1.82) is 0 Å². The molecule has 0 atom stereocenters. The predicted molar refractivity (Wildman–Crippen MR) is 103 cm³/mol. The number of amides is 2. The molecule has 25 heavy (non-hydrogen) atoms. The Bertz CT molecular complexity index is 573. The average Bonchev–Trinajstić information content (AvgIpc) is 2.54. The number of carbonyl (C=O) groups excluding carboxylic acids is 2. The molecule has 1 aromatic carbocycles. The number of nitrogens with two attached hydrogens (primary N) is 1. The van der Waals surface area contributed by atoms with E-state index >= 15 is 0 Å². The Morgan fingerprint density at radius 2 is 1.72 bits per heavy atom. The van der Waals surface area contributed by atoms with E-state index in [1.807, 2.05) is 29.2 Å². The lowest BCUT2D eigenvalue weighted by Gasteiger charge is -2.30. The minimum Gasteiger partial charge on any atom is -0.352 e. The van der Waals surface area contributed by atoms with E-state index in [1.54, 1.807) is 0 Å². The van der Waals surface area contributed by atoms with E-state index in [4.69, 9.17) is 5.73 Å². The Balaban J connectivity index is 0.00000312. The smallest absolute Gasteiger partial charge is 0.251 e. The largest absolute Gasteiger partial charge is 0.352 e. The molecule has 0 radical (unpaired) electrons. The van der Waals surface area contributed by atoms with E-state index < -0.39 is 0 Å². The predicted octanol–water partition coefficient (Wildman–Crippen LogP) is 2.48. The molecular weight excluding hydrogens is 338 g/mol. The van der Waals surface area contributed by atoms with Crippen LogP contribution >= 0.6 is 12.4 Å². The summed E-state index contributed by atoms with van der Waals surface area (Å²) >= 11 is 0. The first-order valence-electron chi connectivity index (χ1n) is 8.69. The lowest BCUT2D eigenvalue weighted by atomic mass is 9.87. The molecule has 2 amide bonds. The van der Waals surface area contributed by atoms with Crippen LogP contribution in [0.4, 0.5) is 0 Å². The zero-order chi connectivity index (χ0) is 17.7. The van der Waals surface area contributed by atoms with Gasteiger partial charge >= 0.3 is 0 Å². The number of hydrogen-bond donors (Lipinski definition) is 2. The van der Waals surface area contributed by atoms with Crippen molar-refractivity contribution in [2.75, 3.05) is 19.6 Å². The van der Waals surface area contributed by atoms with Crippen LogP contribution in [0.15, 0.2) is 24.3 Å². The van der Waals surface area contributed by atoms with Gasteiger partial charge in [-0.25, -0.2) is 0 Å². The summed E-state index contributed by atoms with van der Waals surface area (Å²) in [5.41, 5.74) is 7.73. The fourth-order valence-corrected chi connectivity index (χ4v) is 2.81. The number of carbonyl (C=O) groups is 2. The molecule has 2 rings (SSSR count). The highest BCUT2D eigenvalue weighted by molar-refractivity contribution is 5.94. The Hall–Kier alpha value is -1.59. The summed E-state index contributed by atoms with van der Waals surface area (Å²) in [6.45, 7) is 8.23. The first kappa shape index (κ1) is 21.5. The second kappa shape index (κ2) is 9.20. The highest BCUT2D eigenvalue weighted by Crippen LogP contribution is 2.22. The zero-order valence-electron chi connectivity index (χ0n) is 15.4. The first-order valence-corrected chi connectivity index (χ1v) is 8.69. The number of nitrogens with zero attached hydrogens (tertiary/aromatic N) is 1. The van der Waals surface area contributed by atoms with Crippen LogP contribution in [0.3, 0.4) is 0 Å². The maximum Gasteiger partial charge on any atom is 0.251 e. The highest BCUT2D eigenvalue weighted by Gasteiger charge is 2.20. The molecule has 6 heteroatoms. The van der Waals surface area contributed by atoms with Crippen LogP contribution in [-0.2, 0) is 10.2 Å². The van der Waals surface area contributed by atoms with E-state index in [2.05, 4.69) is 26.1 Å². The first-order chi connectivity index (χ1) is 11.3. The molecule has 0 aliphatic carbocycles. The fraction of sp³-hybridized carbons (Fsp3) is 0.579. The quantitative estimate of drug-likeness (QED) is 0.858. The van der Waals surface area contributed by atoms with Gasteiger partial charge in [-0.1, -0.05) is 32.9 Å². The molecule has 5 nitrogen and oxygen atoms in total. The van der Waals surface area contributed by atoms with Gasteiger partial charge in [0.1, 0.15) is 0 Å². The van der Waals surface area contributed by atoms with Crippen molar-refractivity contribution in [1.82, 2.24) is 10.2 Å². The van der Waals surface area contributed by atoms with Crippen LogP contribution in [-0.4, -0.2) is 42.4 Å². The van der Waals surface area contributed by atoms with Gasteiger partial charge in [-0.15, -0.1) is 12.4 Å². The van der Waals surface area contributed by atoms with Gasteiger partial charge in [0.15, 0.2) is 0 Å². The van der Waals surface area contributed by atoms with Gasteiger partial charge in [-0.2, -0.15) is 0 Å². The van der Waals surface area contributed by atoms with Gasteiger partial charge < -0.3 is 16.0 Å². The van der Waals surface area contributed by atoms with Crippen molar-refractivity contribution in [3.05, 3.63) is 35.4 Å². The lowest BCUT2D eigenvalue weighted by Crippen LogP contribution is -2.43. The topological polar surface area (TPSA) is 75.4 Å². The van der Waals surface area contributed by atoms with Gasteiger partial charge in [0.2, 0.25) is 5.91 Å². The fourth-order valence-electron chi connectivity index (χ4n) is 2.81. The summed E-state index contributed by atoms with van der Waals surface area (Å²) in [5.74, 6) is -0.0470. The van der Waals surface area contributed by atoms with Crippen molar-refractivity contribution < 1.29 is 9.59 Å². The minimum atomic E-state index is -0.135. The summed E-state index contributed by atoms with van der Waals surface area (Å²) in [7, 11) is 0. The average molecular weight is 368 g/mol. The number of benzene rings is 1. The van der Waals surface area contributed by atoms with Crippen molar-refractivity contribution >= 4 is 24.2 Å². The standard InChI is InChI=1S/C19H29N3O2.ClH/c1-19(2,3)15-6-4-14(5-7-15)18(24)21-11-8-17(23)22-12-9-16(20)10-13-22;/h4-7,16H,8-13,20H2,1-3H3,(H,21,24);1H. The number of rotatable bonds is 4. The molecule has 1 aliphatic rings. The van der Waals surface area contributed by atoms with Crippen LogP contribution < -0.4 is 11.1 Å². The molecule has 0 spiro atoms. The SMILES string of the molecule is CC(C)(C)c1ccc(C(=O)NCCC(=O)N2CCC(N)CC2)cc1.Cl. The van der Waals surface area contributed by atoms with Crippen LogP contribution in [0.2, 0.25) is 0 Å². The highest BCUT2D eigenvalue weighted by atomic mass is 35.5. The molecule has 1 heterocycles. The third-order valence-corrected chi connectivity index (χ3v) is 4.53. The molecule has 140 valence electrons. The normalized spacial score (nSPS) is 15.4. The second-order valence-electron chi connectivity index (χ2n) is 7.55. The van der Waals surface area contributed by atoms with Crippen molar-refractivity contribution in [2.45, 2.75) is 51.5 Å². The van der Waals surface area contributed by atoms with E-state index in [9.17, 15) is 9.59 Å². The van der Waals surface area contributed by atoms with Crippen LogP contribution in [0.1, 0.15) is 56.0 Å². The van der Waals surface area contributed by atoms with E-state index in [-0.39, 0.29) is 35.7 Å². The minimum absolute atomic E-state index is 0. The van der Waals surface area contributed by atoms with E-state index in [1.165, 1.54) is 5.56 Å². The summed E-state index contributed by atoms with van der Waals surface area (Å²) in [6, 6.07) is 7.85. The molecule has 0 unspecified atom stereocenters. The monoisotopic (exact) mass is 367 g/mol. The lowest BCUT2D eigenvalue weighted by molar-refractivity contribution is -0.132. The van der Waals surface area contributed by atoms with Crippen molar-refractivity contribution in [3.8, 4) is 0 Å². The van der Waals surface area contributed by atoms with Crippen molar-refractivity contribution in [2.24, 2.45) is 5.73 Å². The Morgan fingerprint density at radius 1 is 1.16 bits per heavy atom. The van der Waals surface area contributed by atoms with E-state index in [0.29, 0.717) is 18.5 Å².